The molecule has 1 aromatic heterocycles. The van der Waals surface area contributed by atoms with Gasteiger partial charge in [0.25, 0.3) is 0 Å². The van der Waals surface area contributed by atoms with Crippen LogP contribution in [0.4, 0.5) is 16.2 Å². The topological polar surface area (TPSA) is 57.6 Å². The summed E-state index contributed by atoms with van der Waals surface area (Å²) < 4.78 is 2.15. The zero-order chi connectivity index (χ0) is 23.8. The summed E-state index contributed by atoms with van der Waals surface area (Å²) in [6.07, 6.45) is 3.86. The van der Waals surface area contributed by atoms with Gasteiger partial charge < -0.3 is 14.8 Å². The quantitative estimate of drug-likeness (QED) is 0.419. The Balaban J connectivity index is 1.36. The molecule has 6 rings (SSSR count). The molecule has 3 amide bonds. The summed E-state index contributed by atoms with van der Waals surface area (Å²) in [5.41, 5.74) is 4.57. The van der Waals surface area contributed by atoms with Crippen molar-refractivity contribution in [2.24, 2.45) is 0 Å². The van der Waals surface area contributed by atoms with Gasteiger partial charge in [-0.3, -0.25) is 9.69 Å². The van der Waals surface area contributed by atoms with Crippen molar-refractivity contribution in [3.05, 3.63) is 115 Å². The van der Waals surface area contributed by atoms with Gasteiger partial charge in [0.15, 0.2) is 0 Å². The number of anilines is 2. The summed E-state index contributed by atoms with van der Waals surface area (Å²) in [5, 5.41) is 2.96. The van der Waals surface area contributed by atoms with Gasteiger partial charge in [-0.1, -0.05) is 60.7 Å². The molecule has 1 atom stereocenters. The maximum absolute atomic E-state index is 14.1. The third-order valence-electron chi connectivity index (χ3n) is 6.68. The van der Waals surface area contributed by atoms with E-state index in [4.69, 9.17) is 0 Å². The maximum atomic E-state index is 14.1. The van der Waals surface area contributed by atoms with Gasteiger partial charge in [0, 0.05) is 17.9 Å². The number of aromatic nitrogens is 1. The average molecular weight is 463 g/mol. The number of nitrogens with zero attached hydrogens (tertiary/aromatic N) is 3. The van der Waals surface area contributed by atoms with Crippen molar-refractivity contribution in [1.29, 1.82) is 0 Å². The molecule has 1 aliphatic carbocycles. The minimum absolute atomic E-state index is 0.0156. The second-order valence-corrected chi connectivity index (χ2v) is 9.02. The van der Waals surface area contributed by atoms with Crippen LogP contribution in [-0.2, 0) is 4.79 Å². The molecule has 0 spiro atoms. The Kier molecular flexibility index (Phi) is 5.34. The third kappa shape index (κ3) is 3.97. The lowest BCUT2D eigenvalue weighted by Gasteiger charge is -2.39. The van der Waals surface area contributed by atoms with E-state index in [1.807, 2.05) is 90.0 Å². The van der Waals surface area contributed by atoms with E-state index in [1.165, 1.54) is 0 Å². The van der Waals surface area contributed by atoms with Gasteiger partial charge in [-0.25, -0.2) is 4.79 Å². The molecule has 1 unspecified atom stereocenters. The number of urea groups is 1. The second kappa shape index (κ2) is 8.80. The van der Waals surface area contributed by atoms with Crippen molar-refractivity contribution >= 4 is 23.3 Å². The number of nitrogens with one attached hydrogen (secondary N) is 1. The fraction of sp³-hybridized carbons (Fsp3) is 0.172. The number of amides is 3. The van der Waals surface area contributed by atoms with Crippen molar-refractivity contribution in [2.75, 3.05) is 16.8 Å². The monoisotopic (exact) mass is 462 g/mol. The van der Waals surface area contributed by atoms with Gasteiger partial charge >= 0.3 is 6.03 Å². The number of benzene rings is 3. The number of carbonyl (C=O) groups excluding carboxylic acids is 2. The van der Waals surface area contributed by atoms with Crippen LogP contribution in [0.5, 0.6) is 0 Å². The number of rotatable bonds is 5. The fourth-order valence-electron chi connectivity index (χ4n) is 4.90. The first-order valence-electron chi connectivity index (χ1n) is 12.0. The normalized spacial score (nSPS) is 16.2. The summed E-state index contributed by atoms with van der Waals surface area (Å²) in [6.45, 7) is 0.0156. The van der Waals surface area contributed by atoms with E-state index in [9.17, 15) is 9.59 Å². The van der Waals surface area contributed by atoms with Gasteiger partial charge in [0.2, 0.25) is 5.91 Å². The summed E-state index contributed by atoms with van der Waals surface area (Å²) in [4.78, 5) is 30.8. The van der Waals surface area contributed by atoms with Crippen molar-refractivity contribution in [2.45, 2.75) is 24.9 Å². The molecular formula is C29H26N4O2. The lowest BCUT2D eigenvalue weighted by Crippen LogP contribution is -2.48. The van der Waals surface area contributed by atoms with E-state index >= 15 is 0 Å². The Morgan fingerprint density at radius 3 is 2.17 bits per heavy atom. The van der Waals surface area contributed by atoms with Gasteiger partial charge in [-0.15, -0.1) is 0 Å². The first-order chi connectivity index (χ1) is 17.2. The highest BCUT2D eigenvalue weighted by Crippen LogP contribution is 2.42. The third-order valence-corrected chi connectivity index (χ3v) is 6.68. The Hall–Kier alpha value is -4.32. The molecule has 0 saturated heterocycles. The predicted octanol–water partition coefficient (Wildman–Crippen LogP) is 5.61. The molecule has 1 fully saturated rings. The molecule has 1 N–H and O–H groups in total. The largest absolute Gasteiger partial charge is 0.322 e. The summed E-state index contributed by atoms with van der Waals surface area (Å²) in [5.74, 6) is -0.103. The van der Waals surface area contributed by atoms with Crippen molar-refractivity contribution in [3.8, 4) is 5.69 Å². The zero-order valence-corrected chi connectivity index (χ0v) is 19.2. The first kappa shape index (κ1) is 21.2. The molecule has 2 heterocycles. The van der Waals surface area contributed by atoms with Gasteiger partial charge in [-0.05, 0) is 54.8 Å². The van der Waals surface area contributed by atoms with Crippen LogP contribution < -0.4 is 10.2 Å². The van der Waals surface area contributed by atoms with Crippen LogP contribution in [0.1, 0.15) is 30.1 Å². The van der Waals surface area contributed by atoms with Crippen LogP contribution in [0.15, 0.2) is 103 Å². The van der Waals surface area contributed by atoms with Crippen molar-refractivity contribution in [3.63, 3.8) is 0 Å². The zero-order valence-electron chi connectivity index (χ0n) is 19.2. The molecule has 35 heavy (non-hydrogen) atoms. The highest BCUT2D eigenvalue weighted by Gasteiger charge is 2.40. The van der Waals surface area contributed by atoms with E-state index in [2.05, 4.69) is 28.1 Å². The minimum Gasteiger partial charge on any atom is -0.316 e. The van der Waals surface area contributed by atoms with Crippen LogP contribution in [-0.4, -0.2) is 34.0 Å². The Labute approximate surface area is 204 Å². The van der Waals surface area contributed by atoms with Crippen molar-refractivity contribution in [1.82, 2.24) is 9.47 Å². The van der Waals surface area contributed by atoms with Gasteiger partial charge in [0.05, 0.1) is 17.1 Å². The molecule has 6 heteroatoms. The van der Waals surface area contributed by atoms with Crippen LogP contribution in [0.3, 0.4) is 0 Å². The van der Waals surface area contributed by atoms with Crippen LogP contribution in [0.25, 0.3) is 5.69 Å². The fourth-order valence-corrected chi connectivity index (χ4v) is 4.90. The molecule has 1 aliphatic heterocycles. The number of hydrogen-bond acceptors (Lipinski definition) is 2. The van der Waals surface area contributed by atoms with E-state index < -0.39 is 0 Å². The number of para-hydroxylation sites is 3. The highest BCUT2D eigenvalue weighted by atomic mass is 16.2. The van der Waals surface area contributed by atoms with E-state index in [-0.39, 0.29) is 30.6 Å². The molecule has 3 aromatic carbocycles. The smallest absolute Gasteiger partial charge is 0.316 e. The minimum atomic E-state index is -0.285. The van der Waals surface area contributed by atoms with Gasteiger partial charge in [0.1, 0.15) is 12.6 Å². The lowest BCUT2D eigenvalue weighted by atomic mass is 9.97. The number of carbonyl (C=O) groups is 2. The van der Waals surface area contributed by atoms with Crippen molar-refractivity contribution < 1.29 is 9.59 Å². The lowest BCUT2D eigenvalue weighted by molar-refractivity contribution is -0.119. The standard InChI is InChI=1S/C29H26N4O2/c34-27(20-32(23-17-18-23)29(35)30-22-12-5-2-6-13-22)33-25-15-8-7-14-24(25)31-19-9-16-26(31)28(33)21-10-3-1-4-11-21/h1-16,19,23,28H,17-18,20H2,(H,30,35). The molecule has 2 aliphatic rings. The number of hydrogen-bond donors (Lipinski definition) is 1. The number of fused-ring (bicyclic) bond motifs is 3. The Morgan fingerprint density at radius 2 is 1.46 bits per heavy atom. The summed E-state index contributed by atoms with van der Waals surface area (Å²) in [7, 11) is 0. The molecule has 6 nitrogen and oxygen atoms in total. The molecule has 1 saturated carbocycles. The highest BCUT2D eigenvalue weighted by molar-refractivity contribution is 6.01. The molecule has 0 radical (unpaired) electrons. The second-order valence-electron chi connectivity index (χ2n) is 9.02. The predicted molar refractivity (Wildman–Crippen MR) is 137 cm³/mol. The maximum Gasteiger partial charge on any atom is 0.322 e. The van der Waals surface area contributed by atoms with Crippen LogP contribution in [0.2, 0.25) is 0 Å². The van der Waals surface area contributed by atoms with E-state index in [0.29, 0.717) is 0 Å². The average Bonchev–Trinajstić information content (AvgIpc) is 3.62. The van der Waals surface area contributed by atoms with Crippen LogP contribution >= 0.6 is 0 Å². The van der Waals surface area contributed by atoms with E-state index in [1.54, 1.807) is 4.90 Å². The SMILES string of the molecule is O=C(Nc1ccccc1)N(CC(=O)N1c2ccccc2-n2cccc2C1c1ccccc1)C1CC1. The molecule has 4 aromatic rings. The van der Waals surface area contributed by atoms with E-state index in [0.717, 1.165) is 41.2 Å². The summed E-state index contributed by atoms with van der Waals surface area (Å²) in [6, 6.07) is 31.0. The first-order valence-corrected chi connectivity index (χ1v) is 12.0. The van der Waals surface area contributed by atoms with Gasteiger partial charge in [-0.2, -0.15) is 0 Å². The molecule has 0 bridgehead atoms. The summed E-state index contributed by atoms with van der Waals surface area (Å²) >= 11 is 0. The Morgan fingerprint density at radius 1 is 0.800 bits per heavy atom. The molecule has 174 valence electrons. The van der Waals surface area contributed by atoms with Crippen LogP contribution in [0, 0.1) is 0 Å². The molecular weight excluding hydrogens is 436 g/mol. The Bertz CT molecular complexity index is 1360.